The first-order valence-electron chi connectivity index (χ1n) is 13.8. The maximum absolute atomic E-state index is 14.0. The quantitative estimate of drug-likeness (QED) is 0.277. The summed E-state index contributed by atoms with van der Waals surface area (Å²) in [5.41, 5.74) is 1.49. The number of carbonyl (C=O) groups excluding carboxylic acids is 2. The highest BCUT2D eigenvalue weighted by Crippen LogP contribution is 2.30. The van der Waals surface area contributed by atoms with Crippen LogP contribution in [-0.2, 0) is 32.6 Å². The average Bonchev–Trinajstić information content (AvgIpc) is 2.92. The summed E-state index contributed by atoms with van der Waals surface area (Å²) in [4.78, 5) is 29.2. The fourth-order valence-electron chi connectivity index (χ4n) is 4.64. The summed E-state index contributed by atoms with van der Waals surface area (Å²) in [6.45, 7) is 5.85. The number of anilines is 1. The van der Waals surface area contributed by atoms with Crippen molar-refractivity contribution in [3.63, 3.8) is 0 Å². The summed E-state index contributed by atoms with van der Waals surface area (Å²) in [7, 11) is -2.19. The van der Waals surface area contributed by atoms with Crippen molar-refractivity contribution in [3.05, 3.63) is 95.0 Å². The van der Waals surface area contributed by atoms with Crippen molar-refractivity contribution in [2.24, 2.45) is 0 Å². The van der Waals surface area contributed by atoms with Crippen LogP contribution < -0.4 is 14.4 Å². The van der Waals surface area contributed by atoms with Crippen LogP contribution in [0.4, 0.5) is 5.69 Å². The highest BCUT2D eigenvalue weighted by atomic mass is 35.5. The fourth-order valence-corrected chi connectivity index (χ4v) is 5.80. The number of methoxy groups -OCH3 is 1. The summed E-state index contributed by atoms with van der Waals surface area (Å²) in [6, 6.07) is 22.8. The molecule has 226 valence electrons. The van der Waals surface area contributed by atoms with Crippen LogP contribution >= 0.6 is 11.6 Å². The molecule has 2 amide bonds. The van der Waals surface area contributed by atoms with E-state index in [-0.39, 0.29) is 37.7 Å². The number of nitrogens with one attached hydrogen (secondary N) is 1. The molecule has 0 aromatic heterocycles. The predicted molar refractivity (Wildman–Crippen MR) is 168 cm³/mol. The number of rotatable bonds is 13. The zero-order chi connectivity index (χ0) is 30.9. The van der Waals surface area contributed by atoms with E-state index >= 15 is 0 Å². The Hall–Kier alpha value is -3.56. The molecule has 42 heavy (non-hydrogen) atoms. The van der Waals surface area contributed by atoms with Crippen LogP contribution in [0.25, 0.3) is 0 Å². The highest BCUT2D eigenvalue weighted by Gasteiger charge is 2.32. The molecule has 1 unspecified atom stereocenters. The second-order valence-electron chi connectivity index (χ2n) is 11.2. The van der Waals surface area contributed by atoms with Crippen LogP contribution in [-0.4, -0.2) is 56.6 Å². The number of hydrogen-bond acceptors (Lipinski definition) is 5. The van der Waals surface area contributed by atoms with Crippen molar-refractivity contribution in [1.82, 2.24) is 10.2 Å². The number of nitrogens with zero attached hydrogens (tertiary/aromatic N) is 2. The van der Waals surface area contributed by atoms with Gasteiger partial charge in [-0.3, -0.25) is 13.9 Å². The number of sulfonamides is 1. The topological polar surface area (TPSA) is 96.0 Å². The maximum atomic E-state index is 14.0. The Balaban J connectivity index is 1.93. The number of benzene rings is 3. The number of ether oxygens (including phenoxy) is 1. The van der Waals surface area contributed by atoms with Crippen molar-refractivity contribution in [2.45, 2.75) is 58.2 Å². The Morgan fingerprint density at radius 1 is 0.952 bits per heavy atom. The number of para-hydroxylation sites is 2. The van der Waals surface area contributed by atoms with Gasteiger partial charge in [-0.2, -0.15) is 0 Å². The number of amides is 2. The van der Waals surface area contributed by atoms with Gasteiger partial charge in [0.2, 0.25) is 21.8 Å². The molecule has 0 aliphatic carbocycles. The molecule has 0 radical (unpaired) electrons. The van der Waals surface area contributed by atoms with Crippen molar-refractivity contribution in [2.75, 3.05) is 24.2 Å². The molecule has 1 atom stereocenters. The second-order valence-corrected chi connectivity index (χ2v) is 13.5. The van der Waals surface area contributed by atoms with Gasteiger partial charge in [0, 0.05) is 36.5 Å². The van der Waals surface area contributed by atoms with Crippen LogP contribution in [0.5, 0.6) is 5.75 Å². The molecular weight excluding hydrogens is 574 g/mol. The van der Waals surface area contributed by atoms with Crippen molar-refractivity contribution < 1.29 is 22.7 Å². The van der Waals surface area contributed by atoms with E-state index in [2.05, 4.69) is 5.32 Å². The SMILES string of the molecule is COc1ccccc1N(CCCC(=O)N(Cc1ccccc1Cl)C(Cc1ccccc1)C(=O)NC(C)(C)C)S(C)(=O)=O. The minimum atomic E-state index is -3.67. The van der Waals surface area contributed by atoms with Crippen molar-refractivity contribution in [3.8, 4) is 5.75 Å². The molecule has 3 rings (SSSR count). The first-order chi connectivity index (χ1) is 19.8. The van der Waals surface area contributed by atoms with Gasteiger partial charge in [0.15, 0.2) is 0 Å². The molecular formula is C32H40ClN3O5S. The van der Waals surface area contributed by atoms with Gasteiger partial charge in [0.25, 0.3) is 0 Å². The summed E-state index contributed by atoms with van der Waals surface area (Å²) in [5.74, 6) is -0.150. The number of carbonyl (C=O) groups is 2. The predicted octanol–water partition coefficient (Wildman–Crippen LogP) is 5.45. The summed E-state index contributed by atoms with van der Waals surface area (Å²) in [5, 5.41) is 3.53. The van der Waals surface area contributed by atoms with E-state index in [0.29, 0.717) is 28.4 Å². The van der Waals surface area contributed by atoms with Crippen LogP contribution in [0.15, 0.2) is 78.9 Å². The van der Waals surface area contributed by atoms with E-state index in [1.807, 2.05) is 69.3 Å². The smallest absolute Gasteiger partial charge is 0.243 e. The van der Waals surface area contributed by atoms with Crippen LogP contribution in [0, 0.1) is 0 Å². The zero-order valence-corrected chi connectivity index (χ0v) is 26.4. The van der Waals surface area contributed by atoms with E-state index in [0.717, 1.165) is 11.8 Å². The summed E-state index contributed by atoms with van der Waals surface area (Å²) < 4.78 is 32.1. The van der Waals surface area contributed by atoms with Crippen molar-refractivity contribution in [1.29, 1.82) is 0 Å². The largest absolute Gasteiger partial charge is 0.495 e. The highest BCUT2D eigenvalue weighted by molar-refractivity contribution is 7.92. The Morgan fingerprint density at radius 2 is 1.57 bits per heavy atom. The molecule has 8 nitrogen and oxygen atoms in total. The van der Waals surface area contributed by atoms with Crippen LogP contribution in [0.3, 0.4) is 0 Å². The lowest BCUT2D eigenvalue weighted by atomic mass is 10.00. The van der Waals surface area contributed by atoms with Gasteiger partial charge >= 0.3 is 0 Å². The van der Waals surface area contributed by atoms with Crippen LogP contribution in [0.1, 0.15) is 44.7 Å². The lowest BCUT2D eigenvalue weighted by molar-refractivity contribution is -0.142. The van der Waals surface area contributed by atoms with E-state index in [1.54, 1.807) is 35.2 Å². The molecule has 0 aliphatic rings. The third-order valence-corrected chi connectivity index (χ3v) is 8.12. The van der Waals surface area contributed by atoms with E-state index in [1.165, 1.54) is 11.4 Å². The second kappa shape index (κ2) is 14.6. The van der Waals surface area contributed by atoms with E-state index in [4.69, 9.17) is 16.3 Å². The Morgan fingerprint density at radius 3 is 2.19 bits per heavy atom. The minimum absolute atomic E-state index is 0.0136. The summed E-state index contributed by atoms with van der Waals surface area (Å²) in [6.07, 6.45) is 1.66. The fraction of sp³-hybridized carbons (Fsp3) is 0.375. The Bertz CT molecular complexity index is 1460. The molecule has 0 bridgehead atoms. The van der Waals surface area contributed by atoms with E-state index < -0.39 is 21.6 Å². The zero-order valence-electron chi connectivity index (χ0n) is 24.8. The third kappa shape index (κ3) is 9.49. The lowest BCUT2D eigenvalue weighted by Gasteiger charge is -2.34. The number of hydrogen-bond donors (Lipinski definition) is 1. The standard InChI is InChI=1S/C32H40ClN3O5S/c1-32(2,3)34-31(38)28(22-24-14-7-6-8-15-24)35(23-25-16-9-10-17-26(25)33)30(37)20-13-21-36(42(5,39)40)27-18-11-12-19-29(27)41-4/h6-12,14-19,28H,13,20-23H2,1-5H3,(H,34,38). The van der Waals surface area contributed by atoms with Crippen LogP contribution in [0.2, 0.25) is 5.02 Å². The minimum Gasteiger partial charge on any atom is -0.495 e. The Labute approximate surface area is 254 Å². The molecule has 3 aromatic rings. The first-order valence-corrected chi connectivity index (χ1v) is 16.0. The average molecular weight is 614 g/mol. The molecule has 0 saturated carbocycles. The van der Waals surface area contributed by atoms with Gasteiger partial charge in [-0.05, 0) is 56.5 Å². The van der Waals surface area contributed by atoms with Gasteiger partial charge in [0.1, 0.15) is 11.8 Å². The van der Waals surface area contributed by atoms with Gasteiger partial charge in [-0.15, -0.1) is 0 Å². The van der Waals surface area contributed by atoms with Gasteiger partial charge in [-0.25, -0.2) is 8.42 Å². The van der Waals surface area contributed by atoms with Gasteiger partial charge < -0.3 is 15.0 Å². The Kier molecular flexibility index (Phi) is 11.4. The number of halogens is 1. The molecule has 0 spiro atoms. The normalized spacial score (nSPS) is 12.3. The molecule has 0 aliphatic heterocycles. The lowest BCUT2D eigenvalue weighted by Crippen LogP contribution is -2.54. The first kappa shape index (κ1) is 32.9. The van der Waals surface area contributed by atoms with E-state index in [9.17, 15) is 18.0 Å². The monoisotopic (exact) mass is 613 g/mol. The van der Waals surface area contributed by atoms with Gasteiger partial charge in [0.05, 0.1) is 19.1 Å². The molecule has 0 heterocycles. The third-order valence-electron chi connectivity index (χ3n) is 6.57. The molecule has 10 heteroatoms. The maximum Gasteiger partial charge on any atom is 0.243 e. The molecule has 0 fully saturated rings. The molecule has 1 N–H and O–H groups in total. The molecule has 0 saturated heterocycles. The molecule has 3 aromatic carbocycles. The van der Waals surface area contributed by atoms with Crippen molar-refractivity contribution >= 4 is 39.1 Å². The van der Waals surface area contributed by atoms with Gasteiger partial charge in [-0.1, -0.05) is 72.3 Å². The summed E-state index contributed by atoms with van der Waals surface area (Å²) >= 11 is 6.49.